The lowest BCUT2D eigenvalue weighted by atomic mass is 9.72. The van der Waals surface area contributed by atoms with E-state index in [-0.39, 0.29) is 30.5 Å². The van der Waals surface area contributed by atoms with Crippen LogP contribution < -0.4 is 36.6 Å². The first kappa shape index (κ1) is 59.5. The van der Waals surface area contributed by atoms with Crippen molar-refractivity contribution >= 4 is 78.6 Å². The highest BCUT2D eigenvalue weighted by molar-refractivity contribution is 7.92. The number of piperidine rings is 1. The number of aromatic amines is 1. The van der Waals surface area contributed by atoms with E-state index in [4.69, 9.17) is 5.73 Å². The molecule has 2 aliphatic heterocycles. The van der Waals surface area contributed by atoms with Crippen molar-refractivity contribution in [3.05, 3.63) is 126 Å². The molecule has 2 saturated heterocycles. The molecule has 1 aliphatic carbocycles. The Morgan fingerprint density at radius 2 is 1.56 bits per heavy atom. The van der Waals surface area contributed by atoms with Gasteiger partial charge in [-0.05, 0) is 120 Å². The molecule has 9 rings (SSSR count). The minimum atomic E-state index is -3.36. The number of aliphatic hydroxyl groups excluding tert-OH is 1. The van der Waals surface area contributed by atoms with Crippen LogP contribution in [0.1, 0.15) is 99.7 Å². The number of piperazine rings is 1. The summed E-state index contributed by atoms with van der Waals surface area (Å²) < 4.78 is 25.4. The van der Waals surface area contributed by atoms with Crippen LogP contribution in [0.2, 0.25) is 0 Å². The first-order chi connectivity index (χ1) is 38.5. The van der Waals surface area contributed by atoms with Crippen molar-refractivity contribution < 1.29 is 37.5 Å². The van der Waals surface area contributed by atoms with Crippen molar-refractivity contribution in [3.8, 4) is 0 Å². The maximum atomic E-state index is 13.8. The standard InChI is InChI=1S/C38H50N6O5.C22H28N6O3S/c1-38(2,3)43-37(49)32-20-26-14-7-8-15-27(26)22-44(32)23-33(45)30(19-24-11-5-4-6-12-24)41-36(48)31(21-34(39)46)42-35(47)29-18-17-25-13-9-10-16-28(25)40-29;1-15(2)24-19-5-4-8-23-21(19)27-9-11-28(12-10-27)22(29)20-14-16-13-17(26-32(3,30)31)6-7-18(16)25-20/h4-6,9-13,16-18,26-27,30-33,45H,7-8,14-15,19-23H2,1-3H3,(H2,39,46)(H,41,48)(H,42,47)(H,43,49);4-8,13-15,24-26H,9-12H2,1-3H3/t26-,27+,30-,31-,32-,33+;/m0./s1. The van der Waals surface area contributed by atoms with Gasteiger partial charge in [0.2, 0.25) is 27.7 Å². The molecule has 6 atom stereocenters. The van der Waals surface area contributed by atoms with Crippen molar-refractivity contribution in [3.63, 3.8) is 0 Å². The Hall–Kier alpha value is -7.62. The molecular formula is C60H78N12O8S. The fourth-order valence-corrected chi connectivity index (χ4v) is 11.7. The number of aliphatic hydroxyl groups is 1. The number of benzene rings is 3. The zero-order valence-electron chi connectivity index (χ0n) is 47.2. The summed E-state index contributed by atoms with van der Waals surface area (Å²) in [6.45, 7) is 13.5. The topological polar surface area (TPSA) is 277 Å². The summed E-state index contributed by atoms with van der Waals surface area (Å²) >= 11 is 0. The highest BCUT2D eigenvalue weighted by Gasteiger charge is 2.42. The number of pyridine rings is 2. The SMILES string of the molecule is CC(C)(C)NC(=O)[C@@H]1C[C@@H]2CCCC[C@@H]2CN1C[C@@H](O)[C@H](Cc1ccccc1)NC(=O)[C@H](CC(N)=O)NC(=O)c1ccc2ccccc2n1.CC(C)Nc1cccnc1N1CCN(C(=O)c2cc3cc(NS(C)(=O)=O)ccc3[nH]2)CC1. The number of primary amides is 1. The zero-order chi connectivity index (χ0) is 58.0. The number of aromatic nitrogens is 3. The number of nitrogens with zero attached hydrogens (tertiary/aromatic N) is 5. The lowest BCUT2D eigenvalue weighted by molar-refractivity contribution is -0.133. The number of H-pyrrole nitrogens is 1. The van der Waals surface area contributed by atoms with Crippen molar-refractivity contribution in [1.82, 2.24) is 40.7 Å². The van der Waals surface area contributed by atoms with E-state index in [1.165, 1.54) is 6.42 Å². The summed E-state index contributed by atoms with van der Waals surface area (Å²) in [7, 11) is -3.36. The Balaban J connectivity index is 0.000000232. The minimum Gasteiger partial charge on any atom is -0.390 e. The number of nitrogens with one attached hydrogen (secondary N) is 6. The monoisotopic (exact) mass is 1130 g/mol. The molecule has 81 heavy (non-hydrogen) atoms. The van der Waals surface area contributed by atoms with Crippen LogP contribution in [0.3, 0.4) is 0 Å². The second-order valence-corrected chi connectivity index (χ2v) is 24.8. The number of β-amino-alcohol motifs (C(OH)–C–C–N with tert-alkyl or cyclic N) is 1. The maximum Gasteiger partial charge on any atom is 0.270 e. The van der Waals surface area contributed by atoms with Gasteiger partial charge in [0.05, 0.1) is 42.1 Å². The van der Waals surface area contributed by atoms with E-state index in [1.807, 2.05) is 86.3 Å². The predicted molar refractivity (Wildman–Crippen MR) is 316 cm³/mol. The van der Waals surface area contributed by atoms with Crippen LogP contribution in [0.25, 0.3) is 21.8 Å². The molecule has 21 heteroatoms. The third kappa shape index (κ3) is 16.5. The Morgan fingerprint density at radius 1 is 0.840 bits per heavy atom. The Bertz CT molecular complexity index is 3290. The highest BCUT2D eigenvalue weighted by atomic mass is 32.2. The third-order valence-corrected chi connectivity index (χ3v) is 15.5. The van der Waals surface area contributed by atoms with Crippen LogP contribution in [0.4, 0.5) is 17.2 Å². The van der Waals surface area contributed by atoms with Crippen molar-refractivity contribution in [2.75, 3.05) is 60.5 Å². The van der Waals surface area contributed by atoms with Crippen LogP contribution >= 0.6 is 0 Å². The zero-order valence-corrected chi connectivity index (χ0v) is 48.0. The fraction of sp³-hybridized carbons (Fsp3) is 0.450. The fourth-order valence-electron chi connectivity index (χ4n) is 11.2. The number of fused-ring (bicyclic) bond motifs is 3. The van der Waals surface area contributed by atoms with Gasteiger partial charge in [-0.25, -0.2) is 18.4 Å². The second kappa shape index (κ2) is 26.3. The van der Waals surface area contributed by atoms with E-state index >= 15 is 0 Å². The lowest BCUT2D eigenvalue weighted by Gasteiger charge is -2.47. The molecule has 1 saturated carbocycles. The highest BCUT2D eigenvalue weighted by Crippen LogP contribution is 2.39. The molecule has 0 radical (unpaired) electrons. The van der Waals surface area contributed by atoms with Gasteiger partial charge in [-0.3, -0.25) is 33.6 Å². The summed E-state index contributed by atoms with van der Waals surface area (Å²) in [5, 5.41) is 25.6. The van der Waals surface area contributed by atoms with E-state index in [0.29, 0.717) is 67.5 Å². The van der Waals surface area contributed by atoms with Gasteiger partial charge in [0.1, 0.15) is 17.4 Å². The maximum absolute atomic E-state index is 13.8. The molecule has 3 aromatic carbocycles. The molecule has 6 aromatic rings. The van der Waals surface area contributed by atoms with Gasteiger partial charge in [-0.15, -0.1) is 0 Å². The quantitative estimate of drug-likeness (QED) is 0.0505. The molecule has 5 heterocycles. The summed E-state index contributed by atoms with van der Waals surface area (Å²) in [5.41, 5.74) is 9.44. The van der Waals surface area contributed by atoms with E-state index in [2.05, 4.69) is 64.6 Å². The number of amides is 5. The number of sulfonamides is 1. The molecule has 0 spiro atoms. The summed E-state index contributed by atoms with van der Waals surface area (Å²) in [4.78, 5) is 84.1. The van der Waals surface area contributed by atoms with Gasteiger partial charge in [0.15, 0.2) is 5.82 Å². The van der Waals surface area contributed by atoms with Gasteiger partial charge < -0.3 is 46.9 Å². The molecule has 432 valence electrons. The van der Waals surface area contributed by atoms with E-state index < -0.39 is 63.9 Å². The number of carbonyl (C=O) groups is 5. The molecule has 3 aliphatic rings. The smallest absolute Gasteiger partial charge is 0.270 e. The molecule has 0 bridgehead atoms. The summed E-state index contributed by atoms with van der Waals surface area (Å²) in [6.07, 6.45) is 6.93. The summed E-state index contributed by atoms with van der Waals surface area (Å²) in [5.74, 6) is -0.358. The molecular weight excluding hydrogens is 1050 g/mol. The van der Waals surface area contributed by atoms with Crippen molar-refractivity contribution in [2.45, 2.75) is 115 Å². The molecule has 3 aromatic heterocycles. The van der Waals surface area contributed by atoms with E-state index in [9.17, 15) is 37.5 Å². The van der Waals surface area contributed by atoms with Crippen LogP contribution in [0.5, 0.6) is 0 Å². The Labute approximate surface area is 474 Å². The van der Waals surface area contributed by atoms with Crippen LogP contribution in [-0.4, -0.2) is 149 Å². The van der Waals surface area contributed by atoms with Crippen LogP contribution in [0.15, 0.2) is 109 Å². The van der Waals surface area contributed by atoms with Gasteiger partial charge in [0.25, 0.3) is 11.8 Å². The van der Waals surface area contributed by atoms with E-state index in [0.717, 1.165) is 65.3 Å². The van der Waals surface area contributed by atoms with Gasteiger partial charge in [0, 0.05) is 79.0 Å². The second-order valence-electron chi connectivity index (χ2n) is 23.0. The Kier molecular flexibility index (Phi) is 19.3. The summed E-state index contributed by atoms with van der Waals surface area (Å²) in [6, 6.07) is 28.8. The van der Waals surface area contributed by atoms with Gasteiger partial charge in [-0.2, -0.15) is 0 Å². The number of anilines is 3. The number of nitrogens with two attached hydrogens (primary N) is 1. The number of likely N-dealkylation sites (tertiary alicyclic amines) is 1. The number of hydrogen-bond donors (Lipinski definition) is 8. The lowest BCUT2D eigenvalue weighted by Crippen LogP contribution is -2.61. The third-order valence-electron chi connectivity index (χ3n) is 14.9. The number of carbonyl (C=O) groups excluding carboxylic acids is 5. The number of hydrogen-bond acceptors (Lipinski definition) is 13. The van der Waals surface area contributed by atoms with Gasteiger partial charge in [-0.1, -0.05) is 73.9 Å². The normalized spacial score (nSPS) is 18.8. The van der Waals surface area contributed by atoms with Crippen LogP contribution in [-0.2, 0) is 30.8 Å². The molecule has 5 amide bonds. The minimum absolute atomic E-state index is 0.0566. The van der Waals surface area contributed by atoms with Crippen molar-refractivity contribution in [2.24, 2.45) is 17.6 Å². The Morgan fingerprint density at radius 3 is 2.26 bits per heavy atom. The molecule has 3 fully saturated rings. The molecule has 20 nitrogen and oxygen atoms in total. The first-order valence-electron chi connectivity index (χ1n) is 28.0. The predicted octanol–water partition coefficient (Wildman–Crippen LogP) is 5.81. The molecule has 0 unspecified atom stereocenters. The number of rotatable bonds is 18. The van der Waals surface area contributed by atoms with Crippen LogP contribution in [0, 0.1) is 11.8 Å². The first-order valence-corrected chi connectivity index (χ1v) is 29.8. The van der Waals surface area contributed by atoms with Crippen molar-refractivity contribution in [1.29, 1.82) is 0 Å². The largest absolute Gasteiger partial charge is 0.390 e. The average Bonchev–Trinajstić information content (AvgIpc) is 3.93. The van der Waals surface area contributed by atoms with E-state index in [1.54, 1.807) is 48.7 Å². The average molecular weight is 1130 g/mol. The molecule has 9 N–H and O–H groups in total. The van der Waals surface area contributed by atoms with Gasteiger partial charge >= 0.3 is 0 Å². The number of para-hydroxylation sites is 1.